The number of hydrogen-bond donors (Lipinski definition) is 1. The van der Waals surface area contributed by atoms with Crippen LogP contribution in [0.25, 0.3) is 0 Å². The van der Waals surface area contributed by atoms with Gasteiger partial charge in [-0.1, -0.05) is 30.3 Å². The van der Waals surface area contributed by atoms with Gasteiger partial charge >= 0.3 is 5.97 Å². The lowest BCUT2D eigenvalue weighted by atomic mass is 10.2. The van der Waals surface area contributed by atoms with Crippen LogP contribution >= 0.6 is 0 Å². The van der Waals surface area contributed by atoms with E-state index in [0.29, 0.717) is 23.7 Å². The van der Waals surface area contributed by atoms with E-state index in [9.17, 15) is 9.59 Å². The Kier molecular flexibility index (Phi) is 5.96. The summed E-state index contributed by atoms with van der Waals surface area (Å²) in [6.07, 6.45) is 2.85. The van der Waals surface area contributed by atoms with E-state index in [-0.39, 0.29) is 11.6 Å². The van der Waals surface area contributed by atoms with E-state index in [1.165, 1.54) is 17.3 Å². The molecule has 0 saturated heterocycles. The fourth-order valence-corrected chi connectivity index (χ4v) is 2.56. The summed E-state index contributed by atoms with van der Waals surface area (Å²) in [7, 11) is 1.68. The van der Waals surface area contributed by atoms with Crippen molar-refractivity contribution >= 4 is 29.1 Å². The van der Waals surface area contributed by atoms with Gasteiger partial charge in [-0.3, -0.25) is 4.79 Å². The normalized spacial score (nSPS) is 10.2. The van der Waals surface area contributed by atoms with Gasteiger partial charge in [0, 0.05) is 12.7 Å². The van der Waals surface area contributed by atoms with Gasteiger partial charge in [-0.2, -0.15) is 0 Å². The number of carbonyl (C=O) groups is 2. The third-order valence-electron chi connectivity index (χ3n) is 4.00. The van der Waals surface area contributed by atoms with Gasteiger partial charge in [-0.15, -0.1) is 0 Å². The van der Waals surface area contributed by atoms with Crippen molar-refractivity contribution in [1.82, 2.24) is 9.97 Å². The van der Waals surface area contributed by atoms with Crippen LogP contribution in [-0.2, 0) is 4.74 Å². The van der Waals surface area contributed by atoms with Gasteiger partial charge in [-0.05, 0) is 31.2 Å². The number of hydrogen-bond acceptors (Lipinski definition) is 6. The number of aromatic nitrogens is 2. The second kappa shape index (κ2) is 8.77. The summed E-state index contributed by atoms with van der Waals surface area (Å²) >= 11 is 0. The Balaban J connectivity index is 1.75. The standard InChI is InChI=1S/C21H20N4O3/c1-3-28-21(27)16-11-7-8-12-17(16)24-19-14-22-18(13-23-19)20(26)25(2)15-9-5-4-6-10-15/h4-14H,3H2,1-2H3,(H,23,24). The lowest BCUT2D eigenvalue weighted by molar-refractivity contribution is 0.0527. The molecule has 0 saturated carbocycles. The zero-order chi connectivity index (χ0) is 19.9. The molecular formula is C21H20N4O3. The molecule has 28 heavy (non-hydrogen) atoms. The van der Waals surface area contributed by atoms with Crippen LogP contribution in [0.2, 0.25) is 0 Å². The summed E-state index contributed by atoms with van der Waals surface area (Å²) in [6.45, 7) is 2.04. The first-order chi connectivity index (χ1) is 13.6. The van der Waals surface area contributed by atoms with Gasteiger partial charge in [0.25, 0.3) is 5.91 Å². The van der Waals surface area contributed by atoms with Crippen molar-refractivity contribution in [3.8, 4) is 0 Å². The molecule has 3 aromatic rings. The predicted octanol–water partition coefficient (Wildman–Crippen LogP) is 3.67. The van der Waals surface area contributed by atoms with E-state index in [1.807, 2.05) is 30.3 Å². The van der Waals surface area contributed by atoms with Crippen LogP contribution in [0.3, 0.4) is 0 Å². The number of nitrogens with one attached hydrogen (secondary N) is 1. The molecule has 3 rings (SSSR count). The maximum absolute atomic E-state index is 12.6. The van der Waals surface area contributed by atoms with E-state index in [0.717, 1.165) is 5.69 Å². The molecule has 142 valence electrons. The molecule has 0 atom stereocenters. The quantitative estimate of drug-likeness (QED) is 0.661. The molecule has 1 amide bonds. The summed E-state index contributed by atoms with van der Waals surface area (Å²) in [6, 6.07) is 16.3. The van der Waals surface area contributed by atoms with Crippen LogP contribution < -0.4 is 10.2 Å². The molecule has 0 aliphatic rings. The van der Waals surface area contributed by atoms with Crippen LogP contribution in [0, 0.1) is 0 Å². The number of anilines is 3. The Morgan fingerprint density at radius 3 is 2.39 bits per heavy atom. The molecule has 0 fully saturated rings. The summed E-state index contributed by atoms with van der Waals surface area (Å²) in [5, 5.41) is 3.04. The molecule has 7 nitrogen and oxygen atoms in total. The molecule has 0 aliphatic carbocycles. The largest absolute Gasteiger partial charge is 0.462 e. The maximum atomic E-state index is 12.6. The summed E-state index contributed by atoms with van der Waals surface area (Å²) in [5.41, 5.74) is 1.93. The number of para-hydroxylation sites is 2. The molecule has 7 heteroatoms. The Morgan fingerprint density at radius 2 is 1.71 bits per heavy atom. The minimum Gasteiger partial charge on any atom is -0.462 e. The first kappa shape index (κ1) is 19.0. The Morgan fingerprint density at radius 1 is 1.00 bits per heavy atom. The molecular weight excluding hydrogens is 356 g/mol. The number of rotatable bonds is 6. The molecule has 0 bridgehead atoms. The van der Waals surface area contributed by atoms with E-state index in [4.69, 9.17) is 4.74 Å². The molecule has 1 N–H and O–H groups in total. The Hall–Kier alpha value is -3.74. The summed E-state index contributed by atoms with van der Waals surface area (Å²) < 4.78 is 5.06. The highest BCUT2D eigenvalue weighted by Crippen LogP contribution is 2.20. The Bertz CT molecular complexity index is 959. The SMILES string of the molecule is CCOC(=O)c1ccccc1Nc1cnc(C(=O)N(C)c2ccccc2)cn1. The number of esters is 1. The summed E-state index contributed by atoms with van der Waals surface area (Å²) in [4.78, 5) is 34.6. The van der Waals surface area contributed by atoms with Crippen molar-refractivity contribution in [3.05, 3.63) is 78.2 Å². The fourth-order valence-electron chi connectivity index (χ4n) is 2.56. The highest BCUT2D eigenvalue weighted by molar-refractivity contribution is 6.04. The van der Waals surface area contributed by atoms with Crippen LogP contribution in [0.5, 0.6) is 0 Å². The van der Waals surface area contributed by atoms with Gasteiger partial charge in [0.1, 0.15) is 11.5 Å². The Labute approximate surface area is 163 Å². The average molecular weight is 376 g/mol. The molecule has 0 spiro atoms. The van der Waals surface area contributed by atoms with Crippen molar-refractivity contribution in [2.24, 2.45) is 0 Å². The van der Waals surface area contributed by atoms with Crippen molar-refractivity contribution in [2.75, 3.05) is 23.9 Å². The second-order valence-corrected chi connectivity index (χ2v) is 5.88. The van der Waals surface area contributed by atoms with Gasteiger partial charge < -0.3 is 15.0 Å². The molecule has 0 aliphatic heterocycles. The molecule has 1 aromatic heterocycles. The zero-order valence-electron chi connectivity index (χ0n) is 15.6. The van der Waals surface area contributed by atoms with Gasteiger partial charge in [0.15, 0.2) is 0 Å². The molecule has 1 heterocycles. The third-order valence-corrected chi connectivity index (χ3v) is 4.00. The average Bonchev–Trinajstić information content (AvgIpc) is 2.74. The highest BCUT2D eigenvalue weighted by Gasteiger charge is 2.16. The lowest BCUT2D eigenvalue weighted by Crippen LogP contribution is -2.27. The number of ether oxygens (including phenoxy) is 1. The number of amides is 1. The molecule has 2 aromatic carbocycles. The van der Waals surface area contributed by atoms with Crippen LogP contribution in [0.15, 0.2) is 67.0 Å². The third kappa shape index (κ3) is 4.32. The van der Waals surface area contributed by atoms with Crippen molar-refractivity contribution in [1.29, 1.82) is 0 Å². The monoisotopic (exact) mass is 376 g/mol. The zero-order valence-corrected chi connectivity index (χ0v) is 15.6. The first-order valence-corrected chi connectivity index (χ1v) is 8.78. The number of carbonyl (C=O) groups excluding carboxylic acids is 2. The van der Waals surface area contributed by atoms with E-state index in [1.54, 1.807) is 38.2 Å². The fraction of sp³-hybridized carbons (Fsp3) is 0.143. The predicted molar refractivity (Wildman–Crippen MR) is 107 cm³/mol. The van der Waals surface area contributed by atoms with E-state index >= 15 is 0 Å². The van der Waals surface area contributed by atoms with Gasteiger partial charge in [-0.25, -0.2) is 14.8 Å². The smallest absolute Gasteiger partial charge is 0.340 e. The molecule has 0 unspecified atom stereocenters. The van der Waals surface area contributed by atoms with Gasteiger partial charge in [0.05, 0.1) is 30.3 Å². The number of nitrogens with zero attached hydrogens (tertiary/aromatic N) is 3. The first-order valence-electron chi connectivity index (χ1n) is 8.78. The molecule has 0 radical (unpaired) electrons. The van der Waals surface area contributed by atoms with E-state index in [2.05, 4.69) is 15.3 Å². The van der Waals surface area contributed by atoms with Crippen LogP contribution in [-0.4, -0.2) is 35.5 Å². The van der Waals surface area contributed by atoms with Gasteiger partial charge in [0.2, 0.25) is 0 Å². The summed E-state index contributed by atoms with van der Waals surface area (Å²) in [5.74, 6) is -0.275. The van der Waals surface area contributed by atoms with E-state index < -0.39 is 5.97 Å². The van der Waals surface area contributed by atoms with Crippen LogP contribution in [0.1, 0.15) is 27.8 Å². The second-order valence-electron chi connectivity index (χ2n) is 5.88. The maximum Gasteiger partial charge on any atom is 0.340 e. The lowest BCUT2D eigenvalue weighted by Gasteiger charge is -2.16. The van der Waals surface area contributed by atoms with Crippen molar-refractivity contribution < 1.29 is 14.3 Å². The minimum atomic E-state index is -0.421. The number of benzene rings is 2. The van der Waals surface area contributed by atoms with Crippen molar-refractivity contribution in [2.45, 2.75) is 6.92 Å². The van der Waals surface area contributed by atoms with Crippen LogP contribution in [0.4, 0.5) is 17.2 Å². The topological polar surface area (TPSA) is 84.4 Å². The minimum absolute atomic E-state index is 0.218. The van der Waals surface area contributed by atoms with Crippen molar-refractivity contribution in [3.63, 3.8) is 0 Å². The highest BCUT2D eigenvalue weighted by atomic mass is 16.5.